The molecule has 102 valence electrons. The van der Waals surface area contributed by atoms with E-state index in [9.17, 15) is 0 Å². The van der Waals surface area contributed by atoms with Crippen LogP contribution >= 0.6 is 10.2 Å². The molecule has 1 aliphatic rings. The molecule has 2 nitrogen and oxygen atoms in total. The number of benzene rings is 1. The molecule has 0 radical (unpaired) electrons. The molecule has 0 amide bonds. The highest BCUT2D eigenvalue weighted by Gasteiger charge is 2.24. The third-order valence-electron chi connectivity index (χ3n) is 3.39. The molecular weight excluding hydrogens is 264 g/mol. The fourth-order valence-electron chi connectivity index (χ4n) is 2.30. The molecule has 0 bridgehead atoms. The molecule has 0 N–H and O–H groups in total. The topological polar surface area (TPSA) is 17.8 Å². The number of allylic oxidation sites excluding steroid dienone is 3. The minimum atomic E-state index is -1.13. The van der Waals surface area contributed by atoms with E-state index >= 15 is 0 Å². The van der Waals surface area contributed by atoms with Crippen molar-refractivity contribution in [2.75, 3.05) is 5.75 Å². The lowest BCUT2D eigenvalue weighted by Crippen LogP contribution is -2.05. The minimum Gasteiger partial charge on any atom is -0.292 e. The van der Waals surface area contributed by atoms with Gasteiger partial charge < -0.3 is 0 Å². The van der Waals surface area contributed by atoms with Gasteiger partial charge in [0.05, 0.1) is 0 Å². The molecule has 0 fully saturated rings. The van der Waals surface area contributed by atoms with Gasteiger partial charge in [-0.3, -0.25) is 3.97 Å². The molecule has 1 aliphatic heterocycles. The lowest BCUT2D eigenvalue weighted by molar-refractivity contribution is 1.21. The zero-order valence-corrected chi connectivity index (χ0v) is 12.3. The SMILES string of the molecule is CC=CCS1(n2ccnc2)C=CC(c2ccccc2)=C1. The molecule has 0 saturated heterocycles. The van der Waals surface area contributed by atoms with Crippen LogP contribution in [0.3, 0.4) is 0 Å². The molecule has 0 saturated carbocycles. The van der Waals surface area contributed by atoms with Crippen molar-refractivity contribution in [3.63, 3.8) is 0 Å². The fourth-order valence-corrected chi connectivity index (χ4v) is 5.07. The van der Waals surface area contributed by atoms with Crippen LogP contribution in [-0.4, -0.2) is 14.7 Å². The van der Waals surface area contributed by atoms with Crippen LogP contribution in [0.1, 0.15) is 12.5 Å². The van der Waals surface area contributed by atoms with Gasteiger partial charge in [0.2, 0.25) is 0 Å². The van der Waals surface area contributed by atoms with E-state index in [0.717, 1.165) is 5.75 Å². The highest BCUT2D eigenvalue weighted by atomic mass is 32.3. The first-order valence-corrected chi connectivity index (χ1v) is 8.58. The van der Waals surface area contributed by atoms with Crippen molar-refractivity contribution in [1.82, 2.24) is 8.96 Å². The molecule has 1 aromatic carbocycles. The number of aromatic nitrogens is 2. The van der Waals surface area contributed by atoms with Crippen molar-refractivity contribution in [2.45, 2.75) is 6.92 Å². The third kappa shape index (κ3) is 2.37. The zero-order chi connectivity index (χ0) is 13.8. The molecule has 3 rings (SSSR count). The first kappa shape index (κ1) is 13.0. The predicted molar refractivity (Wildman–Crippen MR) is 88.5 cm³/mol. The zero-order valence-electron chi connectivity index (χ0n) is 11.5. The Labute approximate surface area is 121 Å². The Morgan fingerprint density at radius 1 is 1.25 bits per heavy atom. The Bertz CT molecular complexity index is 654. The fraction of sp³-hybridized carbons (Fsp3) is 0.118. The van der Waals surface area contributed by atoms with E-state index in [1.807, 2.05) is 12.5 Å². The van der Waals surface area contributed by atoms with Crippen LogP contribution in [0.5, 0.6) is 0 Å². The van der Waals surface area contributed by atoms with Crippen molar-refractivity contribution in [3.05, 3.63) is 83.7 Å². The maximum absolute atomic E-state index is 4.21. The van der Waals surface area contributed by atoms with Crippen LogP contribution in [0.15, 0.2) is 78.1 Å². The molecule has 0 aliphatic carbocycles. The summed E-state index contributed by atoms with van der Waals surface area (Å²) in [5.74, 6) is 1.02. The van der Waals surface area contributed by atoms with Gasteiger partial charge in [0.25, 0.3) is 0 Å². The van der Waals surface area contributed by atoms with Gasteiger partial charge in [-0.05, 0) is 35.0 Å². The number of hydrogen-bond acceptors (Lipinski definition) is 1. The molecule has 20 heavy (non-hydrogen) atoms. The van der Waals surface area contributed by atoms with Gasteiger partial charge in [-0.15, -0.1) is 10.2 Å². The Morgan fingerprint density at radius 3 is 2.80 bits per heavy atom. The van der Waals surface area contributed by atoms with Gasteiger partial charge in [-0.2, -0.15) is 0 Å². The highest BCUT2D eigenvalue weighted by Crippen LogP contribution is 2.57. The maximum atomic E-state index is 4.21. The smallest absolute Gasteiger partial charge is 0.104 e. The molecule has 2 aromatic rings. The summed E-state index contributed by atoms with van der Waals surface area (Å²) in [5.41, 5.74) is 2.58. The van der Waals surface area contributed by atoms with Gasteiger partial charge in [-0.25, -0.2) is 4.98 Å². The first-order valence-electron chi connectivity index (χ1n) is 6.70. The molecule has 0 spiro atoms. The average Bonchev–Trinajstić information content (AvgIpc) is 3.16. The molecule has 2 heterocycles. The minimum absolute atomic E-state index is 1.02. The lowest BCUT2D eigenvalue weighted by Gasteiger charge is -2.32. The Kier molecular flexibility index (Phi) is 3.61. The van der Waals surface area contributed by atoms with Crippen LogP contribution in [0.2, 0.25) is 0 Å². The van der Waals surface area contributed by atoms with Crippen molar-refractivity contribution >= 4 is 15.8 Å². The monoisotopic (exact) mass is 282 g/mol. The molecule has 1 atom stereocenters. The summed E-state index contributed by atoms with van der Waals surface area (Å²) in [5, 5.41) is 4.75. The molecule has 3 heteroatoms. The highest BCUT2D eigenvalue weighted by molar-refractivity contribution is 8.37. The number of rotatable bonds is 4. The number of imidazole rings is 1. The summed E-state index contributed by atoms with van der Waals surface area (Å²) in [7, 11) is -1.13. The van der Waals surface area contributed by atoms with Gasteiger partial charge in [0.15, 0.2) is 0 Å². The molecule has 1 unspecified atom stereocenters. The Hall–Kier alpha value is -2.00. The molecule has 1 aromatic heterocycles. The van der Waals surface area contributed by atoms with Crippen LogP contribution in [0, 0.1) is 0 Å². The summed E-state index contributed by atoms with van der Waals surface area (Å²) in [6.45, 7) is 2.07. The van der Waals surface area contributed by atoms with Gasteiger partial charge >= 0.3 is 0 Å². The largest absolute Gasteiger partial charge is 0.292 e. The van der Waals surface area contributed by atoms with Crippen molar-refractivity contribution in [1.29, 1.82) is 0 Å². The summed E-state index contributed by atoms with van der Waals surface area (Å²) >= 11 is 0. The molecular formula is C17H18N2S. The number of nitrogens with zero attached hydrogens (tertiary/aromatic N) is 2. The van der Waals surface area contributed by atoms with E-state index in [4.69, 9.17) is 0 Å². The summed E-state index contributed by atoms with van der Waals surface area (Å²) in [6, 6.07) is 10.5. The summed E-state index contributed by atoms with van der Waals surface area (Å²) in [4.78, 5) is 4.21. The second-order valence-electron chi connectivity index (χ2n) is 4.71. The van der Waals surface area contributed by atoms with Gasteiger partial charge in [0, 0.05) is 18.1 Å². The van der Waals surface area contributed by atoms with Crippen LogP contribution in [0.25, 0.3) is 5.57 Å². The van der Waals surface area contributed by atoms with Gasteiger partial charge in [0.1, 0.15) is 6.33 Å². The maximum Gasteiger partial charge on any atom is 0.104 e. The Balaban J connectivity index is 2.02. The standard InChI is InChI=1S/C17H18N2S/c1-2-3-12-20(19-11-10-18-15-19)13-9-17(14-20)16-7-5-4-6-8-16/h2-11,13-15H,12H2,1H3. The van der Waals surface area contributed by atoms with E-state index in [1.54, 1.807) is 0 Å². The van der Waals surface area contributed by atoms with Crippen LogP contribution in [0.4, 0.5) is 0 Å². The quantitative estimate of drug-likeness (QED) is 0.750. The normalized spacial score (nSPS) is 24.8. The van der Waals surface area contributed by atoms with Gasteiger partial charge in [-0.1, -0.05) is 42.5 Å². The second kappa shape index (κ2) is 5.55. The van der Waals surface area contributed by atoms with E-state index in [0.29, 0.717) is 0 Å². The number of hydrogen-bond donors (Lipinski definition) is 0. The predicted octanol–water partition coefficient (Wildman–Crippen LogP) is 4.60. The van der Waals surface area contributed by atoms with E-state index in [1.165, 1.54) is 11.1 Å². The third-order valence-corrected chi connectivity index (χ3v) is 6.39. The second-order valence-corrected chi connectivity index (χ2v) is 7.59. The van der Waals surface area contributed by atoms with E-state index in [2.05, 4.69) is 81.5 Å². The first-order chi connectivity index (χ1) is 9.84. The average molecular weight is 282 g/mol. The van der Waals surface area contributed by atoms with Crippen molar-refractivity contribution < 1.29 is 0 Å². The van der Waals surface area contributed by atoms with Crippen molar-refractivity contribution in [2.24, 2.45) is 0 Å². The van der Waals surface area contributed by atoms with E-state index < -0.39 is 10.2 Å². The van der Waals surface area contributed by atoms with Crippen molar-refractivity contribution in [3.8, 4) is 0 Å². The summed E-state index contributed by atoms with van der Waals surface area (Å²) in [6.07, 6.45) is 12.4. The van der Waals surface area contributed by atoms with Crippen LogP contribution < -0.4 is 0 Å². The lowest BCUT2D eigenvalue weighted by atomic mass is 10.1. The Morgan fingerprint density at radius 2 is 2.10 bits per heavy atom. The van der Waals surface area contributed by atoms with E-state index in [-0.39, 0.29) is 0 Å². The van der Waals surface area contributed by atoms with Crippen LogP contribution in [-0.2, 0) is 0 Å². The summed E-state index contributed by atoms with van der Waals surface area (Å²) < 4.78 is 2.25.